The van der Waals surface area contributed by atoms with E-state index in [1.165, 1.54) is 0 Å². The second kappa shape index (κ2) is 7.03. The minimum atomic E-state index is -1.94. The first kappa shape index (κ1) is 16.7. The summed E-state index contributed by atoms with van der Waals surface area (Å²) in [6.07, 6.45) is -0.247. The second-order valence-electron chi connectivity index (χ2n) is 6.57. The highest BCUT2D eigenvalue weighted by molar-refractivity contribution is 7.04. The fourth-order valence-electron chi connectivity index (χ4n) is 2.70. The SMILES string of the molecule is CO[C@H](c1ccccc1)[C@@H](C(=O)[Si](C)(C)C)c1ccccc1. The molecule has 0 aromatic heterocycles. The van der Waals surface area contributed by atoms with Gasteiger partial charge in [0.05, 0.1) is 12.0 Å². The predicted octanol–water partition coefficient (Wildman–Crippen LogP) is 4.60. The summed E-state index contributed by atoms with van der Waals surface area (Å²) in [6, 6.07) is 20.0. The predicted molar refractivity (Wildman–Crippen MR) is 93.7 cm³/mol. The number of methoxy groups -OCH3 is 1. The molecule has 2 atom stereocenters. The Bertz CT molecular complexity index is 602. The van der Waals surface area contributed by atoms with Gasteiger partial charge >= 0.3 is 0 Å². The van der Waals surface area contributed by atoms with Crippen molar-refractivity contribution in [2.45, 2.75) is 31.7 Å². The van der Waals surface area contributed by atoms with Gasteiger partial charge in [-0.2, -0.15) is 0 Å². The molecule has 0 aliphatic rings. The Labute approximate surface area is 134 Å². The summed E-state index contributed by atoms with van der Waals surface area (Å²) >= 11 is 0. The maximum Gasteiger partial charge on any atom is 0.124 e. The molecule has 0 aliphatic heterocycles. The van der Waals surface area contributed by atoms with Crippen LogP contribution in [-0.4, -0.2) is 20.6 Å². The van der Waals surface area contributed by atoms with Crippen LogP contribution in [0.1, 0.15) is 23.1 Å². The normalized spacial score (nSPS) is 14.4. The van der Waals surface area contributed by atoms with Crippen molar-refractivity contribution in [1.29, 1.82) is 0 Å². The van der Waals surface area contributed by atoms with Gasteiger partial charge in [0.15, 0.2) is 0 Å². The average Bonchev–Trinajstić information content (AvgIpc) is 2.52. The van der Waals surface area contributed by atoms with Crippen LogP contribution in [0.5, 0.6) is 0 Å². The zero-order valence-corrected chi connectivity index (χ0v) is 14.7. The van der Waals surface area contributed by atoms with Crippen LogP contribution in [0.25, 0.3) is 0 Å². The molecule has 0 fully saturated rings. The van der Waals surface area contributed by atoms with Gasteiger partial charge in [0.2, 0.25) is 0 Å². The number of carbonyl (C=O) groups excluding carboxylic acids is 1. The maximum atomic E-state index is 13.1. The van der Waals surface area contributed by atoms with E-state index in [0.29, 0.717) is 5.41 Å². The molecular weight excluding hydrogens is 288 g/mol. The molecule has 2 rings (SSSR count). The first-order chi connectivity index (χ1) is 10.4. The number of carbonyl (C=O) groups is 1. The molecular formula is C19H24O2Si. The molecule has 0 spiro atoms. The zero-order chi connectivity index (χ0) is 16.2. The van der Waals surface area contributed by atoms with Gasteiger partial charge in [-0.15, -0.1) is 0 Å². The first-order valence-electron chi connectivity index (χ1n) is 7.62. The molecule has 0 saturated carbocycles. The average molecular weight is 312 g/mol. The summed E-state index contributed by atoms with van der Waals surface area (Å²) < 4.78 is 5.77. The lowest BCUT2D eigenvalue weighted by molar-refractivity contribution is -0.117. The van der Waals surface area contributed by atoms with E-state index < -0.39 is 8.07 Å². The van der Waals surface area contributed by atoms with Crippen molar-refractivity contribution in [3.63, 3.8) is 0 Å². The van der Waals surface area contributed by atoms with Crippen molar-refractivity contribution in [2.24, 2.45) is 0 Å². The summed E-state index contributed by atoms with van der Waals surface area (Å²) in [6.45, 7) is 6.30. The van der Waals surface area contributed by atoms with E-state index in [2.05, 4.69) is 19.6 Å². The van der Waals surface area contributed by atoms with Crippen molar-refractivity contribution in [3.8, 4) is 0 Å². The van der Waals surface area contributed by atoms with Crippen molar-refractivity contribution in [1.82, 2.24) is 0 Å². The van der Waals surface area contributed by atoms with E-state index in [4.69, 9.17) is 4.74 Å². The van der Waals surface area contributed by atoms with E-state index in [0.717, 1.165) is 11.1 Å². The number of benzene rings is 2. The summed E-state index contributed by atoms with van der Waals surface area (Å²) in [7, 11) is -0.252. The van der Waals surface area contributed by atoms with Crippen LogP contribution < -0.4 is 0 Å². The van der Waals surface area contributed by atoms with Gasteiger partial charge in [-0.25, -0.2) is 0 Å². The minimum absolute atomic E-state index is 0.247. The third-order valence-corrected chi connectivity index (χ3v) is 5.65. The fraction of sp³-hybridized carbons (Fsp3) is 0.316. The molecule has 0 aliphatic carbocycles. The molecule has 0 bridgehead atoms. The fourth-order valence-corrected chi connectivity index (χ4v) is 3.95. The highest BCUT2D eigenvalue weighted by atomic mass is 28.3. The van der Waals surface area contributed by atoms with E-state index in [9.17, 15) is 4.79 Å². The number of hydrogen-bond donors (Lipinski definition) is 0. The molecule has 0 amide bonds. The van der Waals surface area contributed by atoms with Gasteiger partial charge in [-0.05, 0) is 11.1 Å². The molecule has 3 heteroatoms. The quantitative estimate of drug-likeness (QED) is 0.728. The highest BCUT2D eigenvalue weighted by Gasteiger charge is 2.38. The third-order valence-electron chi connectivity index (χ3n) is 3.87. The first-order valence-corrected chi connectivity index (χ1v) is 11.1. The van der Waals surface area contributed by atoms with Gasteiger partial charge in [-0.1, -0.05) is 80.3 Å². The molecule has 116 valence electrons. The number of ether oxygens (including phenoxy) is 1. The van der Waals surface area contributed by atoms with Crippen LogP contribution >= 0.6 is 0 Å². The Balaban J connectivity index is 2.50. The zero-order valence-electron chi connectivity index (χ0n) is 13.7. The Morgan fingerprint density at radius 1 is 0.864 bits per heavy atom. The molecule has 2 aromatic carbocycles. The van der Waals surface area contributed by atoms with Crippen molar-refractivity contribution in [3.05, 3.63) is 71.8 Å². The topological polar surface area (TPSA) is 26.3 Å². The molecule has 0 unspecified atom stereocenters. The molecule has 2 nitrogen and oxygen atoms in total. The van der Waals surface area contributed by atoms with Gasteiger partial charge in [-0.3, -0.25) is 0 Å². The summed E-state index contributed by atoms with van der Waals surface area (Å²) in [5, 5.41) is 0.328. The molecule has 0 saturated heterocycles. The standard InChI is InChI=1S/C19H24O2Si/c1-21-18(16-13-9-6-10-14-16)17(19(20)22(2,3)4)15-11-7-5-8-12-15/h5-14,17-18H,1-4H3/t17-,18+/m0/s1. The number of rotatable bonds is 6. The van der Waals surface area contributed by atoms with Gasteiger partial charge in [0.1, 0.15) is 13.5 Å². The van der Waals surface area contributed by atoms with Crippen LogP contribution in [0.3, 0.4) is 0 Å². The maximum absolute atomic E-state index is 13.1. The summed E-state index contributed by atoms with van der Waals surface area (Å²) in [4.78, 5) is 13.1. The highest BCUT2D eigenvalue weighted by Crippen LogP contribution is 2.36. The lowest BCUT2D eigenvalue weighted by Crippen LogP contribution is -2.40. The van der Waals surface area contributed by atoms with E-state index in [-0.39, 0.29) is 12.0 Å². The largest absolute Gasteiger partial charge is 0.376 e. The summed E-state index contributed by atoms with van der Waals surface area (Å²) in [5.74, 6) is -0.250. The van der Waals surface area contributed by atoms with Crippen molar-refractivity contribution < 1.29 is 9.53 Å². The van der Waals surface area contributed by atoms with Crippen LogP contribution in [0.2, 0.25) is 19.6 Å². The molecule has 0 radical (unpaired) electrons. The van der Waals surface area contributed by atoms with E-state index >= 15 is 0 Å². The van der Waals surface area contributed by atoms with E-state index in [1.54, 1.807) is 7.11 Å². The number of hydrogen-bond acceptors (Lipinski definition) is 2. The monoisotopic (exact) mass is 312 g/mol. The third kappa shape index (κ3) is 3.73. The van der Waals surface area contributed by atoms with Gasteiger partial charge < -0.3 is 9.53 Å². The molecule has 0 N–H and O–H groups in total. The van der Waals surface area contributed by atoms with E-state index in [1.807, 2.05) is 60.7 Å². The Morgan fingerprint density at radius 3 is 1.73 bits per heavy atom. The molecule has 2 aromatic rings. The Morgan fingerprint density at radius 2 is 1.32 bits per heavy atom. The van der Waals surface area contributed by atoms with Crippen LogP contribution in [-0.2, 0) is 9.53 Å². The van der Waals surface area contributed by atoms with Crippen LogP contribution in [0, 0.1) is 0 Å². The molecule has 0 heterocycles. The van der Waals surface area contributed by atoms with Gasteiger partial charge in [0, 0.05) is 7.11 Å². The van der Waals surface area contributed by atoms with Crippen molar-refractivity contribution in [2.75, 3.05) is 7.11 Å². The lowest BCUT2D eigenvalue weighted by atomic mass is 9.90. The van der Waals surface area contributed by atoms with Crippen LogP contribution in [0.15, 0.2) is 60.7 Å². The second-order valence-corrected chi connectivity index (χ2v) is 11.6. The Kier molecular flexibility index (Phi) is 5.32. The molecule has 22 heavy (non-hydrogen) atoms. The van der Waals surface area contributed by atoms with Crippen LogP contribution in [0.4, 0.5) is 0 Å². The lowest BCUT2D eigenvalue weighted by Gasteiger charge is -2.30. The summed E-state index contributed by atoms with van der Waals surface area (Å²) in [5.41, 5.74) is 2.08. The van der Waals surface area contributed by atoms with Gasteiger partial charge in [0.25, 0.3) is 0 Å². The minimum Gasteiger partial charge on any atom is -0.376 e. The Hall–Kier alpha value is -1.71. The smallest absolute Gasteiger partial charge is 0.124 e. The van der Waals surface area contributed by atoms with Crippen molar-refractivity contribution >= 4 is 13.5 Å².